The predicted octanol–water partition coefficient (Wildman–Crippen LogP) is 3.61. The molecule has 1 aliphatic heterocycles. The maximum atomic E-state index is 12.7. The topological polar surface area (TPSA) is 79.6 Å². The SMILES string of the molecule is O=C1NC(=O)N(Cc2ccco2)C(=O)C1=Cc1ccc(-c2ccccc2)cc1. The molecule has 28 heavy (non-hydrogen) atoms. The summed E-state index contributed by atoms with van der Waals surface area (Å²) in [5.74, 6) is -0.917. The summed E-state index contributed by atoms with van der Waals surface area (Å²) in [6, 6.07) is 19.9. The van der Waals surface area contributed by atoms with Crippen LogP contribution in [0.5, 0.6) is 0 Å². The third-order valence-electron chi connectivity index (χ3n) is 4.41. The van der Waals surface area contributed by atoms with E-state index in [0.29, 0.717) is 11.3 Å². The van der Waals surface area contributed by atoms with E-state index in [1.165, 1.54) is 12.3 Å². The molecule has 0 aliphatic carbocycles. The van der Waals surface area contributed by atoms with Crippen LogP contribution < -0.4 is 5.32 Å². The first-order valence-electron chi connectivity index (χ1n) is 8.68. The molecule has 1 saturated heterocycles. The van der Waals surface area contributed by atoms with E-state index in [1.54, 1.807) is 12.1 Å². The second kappa shape index (κ2) is 7.36. The monoisotopic (exact) mass is 372 g/mol. The van der Waals surface area contributed by atoms with Gasteiger partial charge in [0.2, 0.25) is 0 Å². The van der Waals surface area contributed by atoms with Gasteiger partial charge in [0.05, 0.1) is 12.8 Å². The molecule has 4 amide bonds. The number of carbonyl (C=O) groups excluding carboxylic acids is 3. The minimum atomic E-state index is -0.761. The normalized spacial score (nSPS) is 15.8. The molecule has 0 bridgehead atoms. The molecular formula is C22H16N2O4. The Kier molecular flexibility index (Phi) is 4.60. The van der Waals surface area contributed by atoms with Gasteiger partial charge in [0.1, 0.15) is 11.3 Å². The van der Waals surface area contributed by atoms with E-state index in [9.17, 15) is 14.4 Å². The second-order valence-corrected chi connectivity index (χ2v) is 6.28. The summed E-state index contributed by atoms with van der Waals surface area (Å²) >= 11 is 0. The maximum Gasteiger partial charge on any atom is 0.331 e. The number of nitrogens with one attached hydrogen (secondary N) is 1. The van der Waals surface area contributed by atoms with Crippen LogP contribution >= 0.6 is 0 Å². The number of furan rings is 1. The fourth-order valence-electron chi connectivity index (χ4n) is 2.97. The number of hydrogen-bond acceptors (Lipinski definition) is 4. The molecule has 1 aliphatic rings. The van der Waals surface area contributed by atoms with Crippen molar-refractivity contribution in [1.29, 1.82) is 0 Å². The van der Waals surface area contributed by atoms with E-state index in [0.717, 1.165) is 16.0 Å². The Labute approximate surface area is 161 Å². The summed E-state index contributed by atoms with van der Waals surface area (Å²) in [5.41, 5.74) is 2.68. The van der Waals surface area contributed by atoms with Gasteiger partial charge in [0.25, 0.3) is 11.8 Å². The Morgan fingerprint density at radius 1 is 0.857 bits per heavy atom. The number of urea groups is 1. The number of rotatable bonds is 4. The number of benzene rings is 2. The van der Waals surface area contributed by atoms with Gasteiger partial charge in [-0.1, -0.05) is 54.6 Å². The maximum absolute atomic E-state index is 12.7. The molecule has 4 rings (SSSR count). The van der Waals surface area contributed by atoms with Gasteiger partial charge < -0.3 is 4.42 Å². The van der Waals surface area contributed by atoms with Gasteiger partial charge in [-0.2, -0.15) is 0 Å². The van der Waals surface area contributed by atoms with Crippen LogP contribution in [-0.4, -0.2) is 22.7 Å². The molecule has 0 saturated carbocycles. The largest absolute Gasteiger partial charge is 0.467 e. The smallest absolute Gasteiger partial charge is 0.331 e. The first kappa shape index (κ1) is 17.5. The van der Waals surface area contributed by atoms with E-state index in [1.807, 2.05) is 54.6 Å². The van der Waals surface area contributed by atoms with Crippen LogP contribution in [0.15, 0.2) is 83.0 Å². The van der Waals surface area contributed by atoms with Crippen molar-refractivity contribution < 1.29 is 18.8 Å². The molecule has 1 aromatic heterocycles. The third-order valence-corrected chi connectivity index (χ3v) is 4.41. The van der Waals surface area contributed by atoms with Crippen molar-refractivity contribution in [2.45, 2.75) is 6.54 Å². The quantitative estimate of drug-likeness (QED) is 0.560. The van der Waals surface area contributed by atoms with Gasteiger partial charge in [-0.15, -0.1) is 0 Å². The number of hydrogen-bond donors (Lipinski definition) is 1. The van der Waals surface area contributed by atoms with Crippen molar-refractivity contribution in [1.82, 2.24) is 10.2 Å². The Balaban J connectivity index is 1.59. The van der Waals surface area contributed by atoms with Crippen molar-refractivity contribution in [3.8, 4) is 11.1 Å². The van der Waals surface area contributed by atoms with Gasteiger partial charge >= 0.3 is 6.03 Å². The minimum Gasteiger partial charge on any atom is -0.467 e. The Morgan fingerprint density at radius 2 is 1.57 bits per heavy atom. The van der Waals surface area contributed by atoms with Crippen LogP contribution in [0, 0.1) is 0 Å². The molecule has 1 fully saturated rings. The Bertz CT molecular complexity index is 1050. The van der Waals surface area contributed by atoms with Gasteiger partial charge in [-0.05, 0) is 34.9 Å². The molecule has 0 radical (unpaired) electrons. The van der Waals surface area contributed by atoms with Gasteiger partial charge in [0.15, 0.2) is 0 Å². The molecule has 0 unspecified atom stereocenters. The summed E-state index contributed by atoms with van der Waals surface area (Å²) < 4.78 is 5.19. The zero-order valence-corrected chi connectivity index (χ0v) is 14.8. The number of carbonyl (C=O) groups is 3. The summed E-state index contributed by atoms with van der Waals surface area (Å²) in [6.45, 7) is -0.0464. The molecule has 6 nitrogen and oxygen atoms in total. The van der Waals surface area contributed by atoms with Crippen molar-refractivity contribution in [2.24, 2.45) is 0 Å². The summed E-state index contributed by atoms with van der Waals surface area (Å²) in [6.07, 6.45) is 2.94. The van der Waals surface area contributed by atoms with Crippen LogP contribution in [0.4, 0.5) is 4.79 Å². The van der Waals surface area contributed by atoms with Crippen LogP contribution in [0.1, 0.15) is 11.3 Å². The zero-order valence-electron chi connectivity index (χ0n) is 14.8. The average molecular weight is 372 g/mol. The summed E-state index contributed by atoms with van der Waals surface area (Å²) in [5, 5.41) is 2.20. The fraction of sp³-hybridized carbons (Fsp3) is 0.0455. The highest BCUT2D eigenvalue weighted by Gasteiger charge is 2.36. The van der Waals surface area contributed by atoms with Crippen molar-refractivity contribution in [3.05, 3.63) is 89.9 Å². The van der Waals surface area contributed by atoms with Crippen molar-refractivity contribution in [3.63, 3.8) is 0 Å². The van der Waals surface area contributed by atoms with E-state index in [4.69, 9.17) is 4.42 Å². The van der Waals surface area contributed by atoms with Crippen molar-refractivity contribution >= 4 is 23.9 Å². The van der Waals surface area contributed by atoms with E-state index >= 15 is 0 Å². The Hall–Kier alpha value is -3.93. The lowest BCUT2D eigenvalue weighted by Gasteiger charge is -2.25. The molecular weight excluding hydrogens is 356 g/mol. The van der Waals surface area contributed by atoms with Crippen LogP contribution in [0.3, 0.4) is 0 Å². The number of barbiturate groups is 1. The molecule has 1 N–H and O–H groups in total. The molecule has 2 heterocycles. The van der Waals surface area contributed by atoms with E-state index < -0.39 is 17.8 Å². The standard InChI is InChI=1S/C22H16N2O4/c25-20-19(21(26)24(22(27)23-20)14-18-7-4-12-28-18)13-15-8-10-17(11-9-15)16-5-2-1-3-6-16/h1-13H,14H2,(H,23,25,27). The summed E-state index contributed by atoms with van der Waals surface area (Å²) in [7, 11) is 0. The number of amides is 4. The Morgan fingerprint density at radius 3 is 2.25 bits per heavy atom. The molecule has 6 heteroatoms. The van der Waals surface area contributed by atoms with Crippen LogP contribution in [0.25, 0.3) is 17.2 Å². The van der Waals surface area contributed by atoms with E-state index in [2.05, 4.69) is 5.32 Å². The number of nitrogens with zero attached hydrogens (tertiary/aromatic N) is 1. The van der Waals surface area contributed by atoms with E-state index in [-0.39, 0.29) is 12.1 Å². The minimum absolute atomic E-state index is 0.0464. The molecule has 0 atom stereocenters. The summed E-state index contributed by atoms with van der Waals surface area (Å²) in [4.78, 5) is 37.9. The average Bonchev–Trinajstić information content (AvgIpc) is 3.23. The highest BCUT2D eigenvalue weighted by molar-refractivity contribution is 6.30. The third kappa shape index (κ3) is 3.48. The highest BCUT2D eigenvalue weighted by Crippen LogP contribution is 2.21. The molecule has 0 spiro atoms. The predicted molar refractivity (Wildman–Crippen MR) is 103 cm³/mol. The highest BCUT2D eigenvalue weighted by atomic mass is 16.3. The fourth-order valence-corrected chi connectivity index (χ4v) is 2.97. The van der Waals surface area contributed by atoms with Gasteiger partial charge in [0, 0.05) is 0 Å². The molecule has 138 valence electrons. The molecule has 2 aromatic carbocycles. The first-order chi connectivity index (χ1) is 13.6. The first-order valence-corrected chi connectivity index (χ1v) is 8.68. The lowest BCUT2D eigenvalue weighted by Crippen LogP contribution is -2.53. The second-order valence-electron chi connectivity index (χ2n) is 6.28. The van der Waals surface area contributed by atoms with Crippen LogP contribution in [0.2, 0.25) is 0 Å². The lowest BCUT2D eigenvalue weighted by atomic mass is 10.0. The number of imide groups is 2. The van der Waals surface area contributed by atoms with Gasteiger partial charge in [-0.25, -0.2) is 4.79 Å². The molecule has 3 aromatic rings. The lowest BCUT2D eigenvalue weighted by molar-refractivity contribution is -0.130. The van der Waals surface area contributed by atoms with Gasteiger partial charge in [-0.3, -0.25) is 19.8 Å². The van der Waals surface area contributed by atoms with Crippen molar-refractivity contribution in [2.75, 3.05) is 0 Å². The van der Waals surface area contributed by atoms with Crippen LogP contribution in [-0.2, 0) is 16.1 Å². The zero-order chi connectivity index (χ0) is 19.5.